The van der Waals surface area contributed by atoms with Gasteiger partial charge in [-0.1, -0.05) is 6.42 Å². The first-order valence-electron chi connectivity index (χ1n) is 7.34. The summed E-state index contributed by atoms with van der Waals surface area (Å²) < 4.78 is 0. The number of nitrogen functional groups attached to an aromatic ring is 1. The Labute approximate surface area is 114 Å². The lowest BCUT2D eigenvalue weighted by Crippen LogP contribution is -2.46. The van der Waals surface area contributed by atoms with Crippen molar-refractivity contribution >= 4 is 11.6 Å². The third-order valence-electron chi connectivity index (χ3n) is 4.73. The van der Waals surface area contributed by atoms with Gasteiger partial charge in [0.15, 0.2) is 0 Å². The topological polar surface area (TPSA) is 46.3 Å². The van der Waals surface area contributed by atoms with E-state index in [1.165, 1.54) is 25.7 Å². The van der Waals surface area contributed by atoms with Gasteiger partial charge in [0.2, 0.25) is 0 Å². The molecule has 102 valence electrons. The molecule has 1 aromatic carbocycles. The summed E-state index contributed by atoms with van der Waals surface area (Å²) in [5, 5.41) is 0. The minimum atomic E-state index is 0.203. The molecule has 0 bridgehead atoms. The van der Waals surface area contributed by atoms with Gasteiger partial charge in [-0.15, -0.1) is 0 Å². The molecule has 0 spiro atoms. The molecular formula is C16H22N2O. The highest BCUT2D eigenvalue weighted by atomic mass is 16.2. The average Bonchev–Trinajstić information content (AvgIpc) is 2.86. The molecule has 2 aliphatic rings. The van der Waals surface area contributed by atoms with Gasteiger partial charge in [-0.3, -0.25) is 4.79 Å². The smallest absolute Gasteiger partial charge is 0.254 e. The summed E-state index contributed by atoms with van der Waals surface area (Å²) in [7, 11) is 0. The lowest BCUT2D eigenvalue weighted by molar-refractivity contribution is 0.0547. The van der Waals surface area contributed by atoms with Crippen LogP contribution in [0.3, 0.4) is 0 Å². The number of carbonyl (C=O) groups is 1. The third kappa shape index (κ3) is 2.22. The first-order chi connectivity index (χ1) is 9.16. The molecule has 3 nitrogen and oxygen atoms in total. The SMILES string of the molecule is Cc1cc(N)ccc1C(=O)N1CCCC2CCCC21. The molecule has 1 aliphatic carbocycles. The molecule has 1 aromatic rings. The lowest BCUT2D eigenvalue weighted by atomic mass is 9.91. The highest BCUT2D eigenvalue weighted by Gasteiger charge is 2.37. The summed E-state index contributed by atoms with van der Waals surface area (Å²) >= 11 is 0. The first kappa shape index (κ1) is 12.5. The van der Waals surface area contributed by atoms with Gasteiger partial charge in [0.1, 0.15) is 0 Å². The highest BCUT2D eigenvalue weighted by Crippen LogP contribution is 2.37. The van der Waals surface area contributed by atoms with Gasteiger partial charge >= 0.3 is 0 Å². The second-order valence-electron chi connectivity index (χ2n) is 5.97. The number of fused-ring (bicyclic) bond motifs is 1. The normalized spacial score (nSPS) is 26.3. The van der Waals surface area contributed by atoms with Crippen molar-refractivity contribution in [3.63, 3.8) is 0 Å². The molecule has 3 heteroatoms. The average molecular weight is 258 g/mol. The van der Waals surface area contributed by atoms with E-state index in [-0.39, 0.29) is 5.91 Å². The van der Waals surface area contributed by atoms with Crippen LogP contribution in [-0.4, -0.2) is 23.4 Å². The van der Waals surface area contributed by atoms with Crippen LogP contribution in [0.1, 0.15) is 48.0 Å². The maximum absolute atomic E-state index is 12.8. The van der Waals surface area contributed by atoms with E-state index in [0.29, 0.717) is 6.04 Å². The summed E-state index contributed by atoms with van der Waals surface area (Å²) in [4.78, 5) is 14.9. The van der Waals surface area contributed by atoms with Crippen LogP contribution < -0.4 is 5.73 Å². The molecule has 0 radical (unpaired) electrons. The number of aryl methyl sites for hydroxylation is 1. The van der Waals surface area contributed by atoms with Crippen LogP contribution >= 0.6 is 0 Å². The molecule has 1 saturated heterocycles. The maximum atomic E-state index is 12.8. The minimum absolute atomic E-state index is 0.203. The Hall–Kier alpha value is -1.51. The highest BCUT2D eigenvalue weighted by molar-refractivity contribution is 5.96. The van der Waals surface area contributed by atoms with E-state index < -0.39 is 0 Å². The molecule has 2 N–H and O–H groups in total. The van der Waals surface area contributed by atoms with Crippen LogP contribution in [0.15, 0.2) is 18.2 Å². The molecule has 1 aliphatic heterocycles. The first-order valence-corrected chi connectivity index (χ1v) is 7.34. The van der Waals surface area contributed by atoms with Crippen molar-refractivity contribution in [2.24, 2.45) is 5.92 Å². The minimum Gasteiger partial charge on any atom is -0.399 e. The summed E-state index contributed by atoms with van der Waals surface area (Å²) in [6, 6.07) is 6.09. The molecule has 1 heterocycles. The van der Waals surface area contributed by atoms with Crippen LogP contribution in [0.5, 0.6) is 0 Å². The molecule has 2 fully saturated rings. The molecule has 2 unspecified atom stereocenters. The van der Waals surface area contributed by atoms with Crippen LogP contribution in [0.4, 0.5) is 5.69 Å². The van der Waals surface area contributed by atoms with E-state index in [4.69, 9.17) is 5.73 Å². The number of hydrogen-bond donors (Lipinski definition) is 1. The van der Waals surface area contributed by atoms with Crippen LogP contribution in [0.25, 0.3) is 0 Å². The quantitative estimate of drug-likeness (QED) is 0.787. The van der Waals surface area contributed by atoms with Gasteiger partial charge in [0.25, 0.3) is 5.91 Å². The number of nitrogens with two attached hydrogens (primary N) is 1. The number of anilines is 1. The van der Waals surface area contributed by atoms with Gasteiger partial charge in [0, 0.05) is 23.8 Å². The van der Waals surface area contributed by atoms with E-state index >= 15 is 0 Å². The van der Waals surface area contributed by atoms with Gasteiger partial charge in [0.05, 0.1) is 0 Å². The van der Waals surface area contributed by atoms with Crippen molar-refractivity contribution in [1.29, 1.82) is 0 Å². The van der Waals surface area contributed by atoms with Crippen molar-refractivity contribution in [3.05, 3.63) is 29.3 Å². The Morgan fingerprint density at radius 2 is 2.05 bits per heavy atom. The molecule has 0 aromatic heterocycles. The van der Waals surface area contributed by atoms with E-state index in [9.17, 15) is 4.79 Å². The third-order valence-corrected chi connectivity index (χ3v) is 4.73. The second-order valence-corrected chi connectivity index (χ2v) is 5.97. The zero-order chi connectivity index (χ0) is 13.4. The van der Waals surface area contributed by atoms with E-state index in [1.807, 2.05) is 25.1 Å². The fourth-order valence-electron chi connectivity index (χ4n) is 3.79. The zero-order valence-electron chi connectivity index (χ0n) is 11.6. The number of carbonyl (C=O) groups excluding carboxylic acids is 1. The van der Waals surface area contributed by atoms with Crippen LogP contribution in [-0.2, 0) is 0 Å². The molecule has 1 saturated carbocycles. The summed E-state index contributed by atoms with van der Waals surface area (Å²) in [5.74, 6) is 0.945. The number of hydrogen-bond acceptors (Lipinski definition) is 2. The van der Waals surface area contributed by atoms with E-state index in [2.05, 4.69) is 4.90 Å². The molecule has 2 atom stereocenters. The maximum Gasteiger partial charge on any atom is 0.254 e. The van der Waals surface area contributed by atoms with E-state index in [0.717, 1.165) is 35.7 Å². The van der Waals surface area contributed by atoms with Crippen molar-refractivity contribution < 1.29 is 4.79 Å². The van der Waals surface area contributed by atoms with Crippen molar-refractivity contribution in [1.82, 2.24) is 4.90 Å². The Bertz CT molecular complexity index is 498. The molecule has 3 rings (SSSR count). The lowest BCUT2D eigenvalue weighted by Gasteiger charge is -2.38. The van der Waals surface area contributed by atoms with Gasteiger partial charge < -0.3 is 10.6 Å². The van der Waals surface area contributed by atoms with Crippen LogP contribution in [0, 0.1) is 12.8 Å². The second kappa shape index (κ2) is 4.87. The summed E-state index contributed by atoms with van der Waals surface area (Å²) in [5.41, 5.74) is 8.31. The standard InChI is InChI=1S/C16H22N2O/c1-11-10-13(17)7-8-14(11)16(19)18-9-3-5-12-4-2-6-15(12)18/h7-8,10,12,15H,2-6,9,17H2,1H3. The Morgan fingerprint density at radius 1 is 1.26 bits per heavy atom. The predicted molar refractivity (Wildman–Crippen MR) is 77.0 cm³/mol. The number of benzene rings is 1. The Kier molecular flexibility index (Phi) is 3.21. The monoisotopic (exact) mass is 258 g/mol. The Balaban J connectivity index is 1.86. The van der Waals surface area contributed by atoms with Crippen molar-refractivity contribution in [2.45, 2.75) is 45.1 Å². The largest absolute Gasteiger partial charge is 0.399 e. The molecule has 19 heavy (non-hydrogen) atoms. The van der Waals surface area contributed by atoms with Crippen LogP contribution in [0.2, 0.25) is 0 Å². The van der Waals surface area contributed by atoms with E-state index in [1.54, 1.807) is 0 Å². The Morgan fingerprint density at radius 3 is 2.84 bits per heavy atom. The van der Waals surface area contributed by atoms with Gasteiger partial charge in [-0.2, -0.15) is 0 Å². The number of likely N-dealkylation sites (tertiary alicyclic amines) is 1. The number of nitrogens with zero attached hydrogens (tertiary/aromatic N) is 1. The summed E-state index contributed by atoms with van der Waals surface area (Å²) in [6.45, 7) is 2.89. The van der Waals surface area contributed by atoms with Crippen molar-refractivity contribution in [2.75, 3.05) is 12.3 Å². The van der Waals surface area contributed by atoms with Gasteiger partial charge in [-0.25, -0.2) is 0 Å². The zero-order valence-corrected chi connectivity index (χ0v) is 11.6. The fraction of sp³-hybridized carbons (Fsp3) is 0.562. The predicted octanol–water partition coefficient (Wildman–Crippen LogP) is 2.98. The fourth-order valence-corrected chi connectivity index (χ4v) is 3.79. The number of piperidine rings is 1. The van der Waals surface area contributed by atoms with Crippen molar-refractivity contribution in [3.8, 4) is 0 Å². The molecular weight excluding hydrogens is 236 g/mol. The number of amides is 1. The van der Waals surface area contributed by atoms with Gasteiger partial charge in [-0.05, 0) is 62.3 Å². The molecule has 1 amide bonds. The summed E-state index contributed by atoms with van der Waals surface area (Å²) in [6.07, 6.45) is 6.22. The number of rotatable bonds is 1.